The zero-order valence-corrected chi connectivity index (χ0v) is 14.1. The van der Waals surface area contributed by atoms with Crippen LogP contribution in [0.25, 0.3) is 0 Å². The van der Waals surface area contributed by atoms with E-state index < -0.39 is 0 Å². The van der Waals surface area contributed by atoms with E-state index in [2.05, 4.69) is 55.3 Å². The third-order valence-electron chi connectivity index (χ3n) is 4.96. The van der Waals surface area contributed by atoms with Crippen molar-refractivity contribution in [2.45, 2.75) is 53.0 Å². The highest BCUT2D eigenvalue weighted by molar-refractivity contribution is 5.45. The van der Waals surface area contributed by atoms with Gasteiger partial charge in [0.15, 0.2) is 0 Å². The van der Waals surface area contributed by atoms with Crippen LogP contribution in [0.4, 0.5) is 5.69 Å². The smallest absolute Gasteiger partial charge is 0.0343 e. The molecule has 2 heteroatoms. The minimum Gasteiger partial charge on any atom is -0.385 e. The molecule has 0 saturated heterocycles. The topological polar surface area (TPSA) is 15.3 Å². The standard InChI is InChI=1S/C19H32N2/c1-4-21(5-2)15-18-7-6-8-19(13-18)20-14-17-11-9-16(3)10-12-17/h6-8,13,16-17,20H,4-5,9-12,14-15H2,1-3H3. The van der Waals surface area contributed by atoms with Crippen LogP contribution in [0.5, 0.6) is 0 Å². The average molecular weight is 288 g/mol. The molecular formula is C19H32N2. The van der Waals surface area contributed by atoms with Gasteiger partial charge in [-0.3, -0.25) is 4.90 Å². The number of hydrogen-bond donors (Lipinski definition) is 1. The van der Waals surface area contributed by atoms with Crippen LogP contribution in [-0.4, -0.2) is 24.5 Å². The predicted molar refractivity (Wildman–Crippen MR) is 92.7 cm³/mol. The van der Waals surface area contributed by atoms with Gasteiger partial charge >= 0.3 is 0 Å². The van der Waals surface area contributed by atoms with Crippen molar-refractivity contribution in [1.29, 1.82) is 0 Å². The fourth-order valence-corrected chi connectivity index (χ4v) is 3.28. The maximum Gasteiger partial charge on any atom is 0.0343 e. The molecular weight excluding hydrogens is 256 g/mol. The summed E-state index contributed by atoms with van der Waals surface area (Å²) in [6.07, 6.45) is 5.61. The van der Waals surface area contributed by atoms with Crippen LogP contribution in [-0.2, 0) is 6.54 Å². The van der Waals surface area contributed by atoms with Crippen molar-refractivity contribution in [3.63, 3.8) is 0 Å². The lowest BCUT2D eigenvalue weighted by Crippen LogP contribution is -2.22. The second-order valence-electron chi connectivity index (χ2n) is 6.67. The van der Waals surface area contributed by atoms with E-state index in [0.717, 1.165) is 38.0 Å². The van der Waals surface area contributed by atoms with Gasteiger partial charge < -0.3 is 5.32 Å². The fourth-order valence-electron chi connectivity index (χ4n) is 3.28. The summed E-state index contributed by atoms with van der Waals surface area (Å²) < 4.78 is 0. The zero-order chi connectivity index (χ0) is 15.1. The van der Waals surface area contributed by atoms with Crippen molar-refractivity contribution < 1.29 is 0 Å². The van der Waals surface area contributed by atoms with Gasteiger partial charge in [0.1, 0.15) is 0 Å². The molecule has 1 aliphatic carbocycles. The number of hydrogen-bond acceptors (Lipinski definition) is 2. The van der Waals surface area contributed by atoms with Crippen LogP contribution in [0.2, 0.25) is 0 Å². The van der Waals surface area contributed by atoms with Gasteiger partial charge in [-0.2, -0.15) is 0 Å². The van der Waals surface area contributed by atoms with Crippen LogP contribution in [0.1, 0.15) is 52.0 Å². The predicted octanol–water partition coefficient (Wildman–Crippen LogP) is 4.77. The molecule has 1 aromatic carbocycles. The molecule has 0 amide bonds. The molecule has 1 aliphatic rings. The first kappa shape index (κ1) is 16.4. The van der Waals surface area contributed by atoms with Crippen LogP contribution in [0.15, 0.2) is 24.3 Å². The highest BCUT2D eigenvalue weighted by Gasteiger charge is 2.17. The molecule has 0 atom stereocenters. The van der Waals surface area contributed by atoms with Gasteiger partial charge in [-0.1, -0.05) is 45.7 Å². The quantitative estimate of drug-likeness (QED) is 0.777. The lowest BCUT2D eigenvalue weighted by Gasteiger charge is -2.26. The molecule has 0 radical (unpaired) electrons. The van der Waals surface area contributed by atoms with Crippen molar-refractivity contribution in [2.75, 3.05) is 25.0 Å². The molecule has 0 aromatic heterocycles. The number of nitrogens with zero attached hydrogens (tertiary/aromatic N) is 1. The summed E-state index contributed by atoms with van der Waals surface area (Å²) in [4.78, 5) is 2.46. The molecule has 1 saturated carbocycles. The fraction of sp³-hybridized carbons (Fsp3) is 0.684. The number of benzene rings is 1. The number of anilines is 1. The Bertz CT molecular complexity index is 404. The lowest BCUT2D eigenvalue weighted by atomic mass is 9.83. The Kier molecular flexibility index (Phi) is 6.56. The molecule has 1 aromatic rings. The van der Waals surface area contributed by atoms with Crippen molar-refractivity contribution in [3.8, 4) is 0 Å². The first-order valence-corrected chi connectivity index (χ1v) is 8.76. The number of nitrogens with one attached hydrogen (secondary N) is 1. The lowest BCUT2D eigenvalue weighted by molar-refractivity contribution is 0.296. The molecule has 21 heavy (non-hydrogen) atoms. The third kappa shape index (κ3) is 5.35. The van der Waals surface area contributed by atoms with Crippen LogP contribution in [0.3, 0.4) is 0 Å². The Balaban J connectivity index is 1.83. The van der Waals surface area contributed by atoms with E-state index in [1.807, 2.05) is 0 Å². The molecule has 0 heterocycles. The van der Waals surface area contributed by atoms with Gasteiger partial charge in [0, 0.05) is 18.8 Å². The molecule has 118 valence electrons. The Morgan fingerprint density at radius 3 is 2.48 bits per heavy atom. The first-order valence-electron chi connectivity index (χ1n) is 8.76. The van der Waals surface area contributed by atoms with Gasteiger partial charge in [-0.15, -0.1) is 0 Å². The Hall–Kier alpha value is -1.02. The maximum atomic E-state index is 3.66. The van der Waals surface area contributed by atoms with Gasteiger partial charge in [0.05, 0.1) is 0 Å². The molecule has 0 bridgehead atoms. The Labute approximate surface area is 130 Å². The summed E-state index contributed by atoms with van der Waals surface area (Å²) in [6.45, 7) is 11.3. The van der Waals surface area contributed by atoms with Crippen LogP contribution in [0, 0.1) is 11.8 Å². The normalized spacial score (nSPS) is 22.5. The third-order valence-corrected chi connectivity index (χ3v) is 4.96. The van der Waals surface area contributed by atoms with Gasteiger partial charge in [0.25, 0.3) is 0 Å². The van der Waals surface area contributed by atoms with E-state index in [9.17, 15) is 0 Å². The van der Waals surface area contributed by atoms with Gasteiger partial charge in [-0.05, 0) is 55.5 Å². The molecule has 0 unspecified atom stereocenters. The minimum absolute atomic E-state index is 0.868. The second kappa shape index (κ2) is 8.43. The van der Waals surface area contributed by atoms with Gasteiger partial charge in [-0.25, -0.2) is 0 Å². The van der Waals surface area contributed by atoms with Gasteiger partial charge in [0.2, 0.25) is 0 Å². The Morgan fingerprint density at radius 1 is 1.10 bits per heavy atom. The van der Waals surface area contributed by atoms with E-state index in [4.69, 9.17) is 0 Å². The number of rotatable bonds is 7. The second-order valence-corrected chi connectivity index (χ2v) is 6.67. The van der Waals surface area contributed by atoms with Crippen LogP contribution < -0.4 is 5.32 Å². The molecule has 0 aliphatic heterocycles. The highest BCUT2D eigenvalue weighted by Crippen LogP contribution is 2.28. The van der Waals surface area contributed by atoms with Crippen molar-refractivity contribution >= 4 is 5.69 Å². The molecule has 0 spiro atoms. The SMILES string of the molecule is CCN(CC)Cc1cccc(NCC2CCC(C)CC2)c1. The molecule has 1 fully saturated rings. The summed E-state index contributed by atoms with van der Waals surface area (Å²) in [6, 6.07) is 8.96. The minimum atomic E-state index is 0.868. The largest absolute Gasteiger partial charge is 0.385 e. The van der Waals surface area contributed by atoms with E-state index in [0.29, 0.717) is 0 Å². The zero-order valence-electron chi connectivity index (χ0n) is 14.1. The van der Waals surface area contributed by atoms with Crippen LogP contribution >= 0.6 is 0 Å². The molecule has 2 nitrogen and oxygen atoms in total. The highest BCUT2D eigenvalue weighted by atomic mass is 15.1. The Morgan fingerprint density at radius 2 is 1.81 bits per heavy atom. The van der Waals surface area contributed by atoms with E-state index in [1.165, 1.54) is 36.9 Å². The molecule has 2 rings (SSSR count). The van der Waals surface area contributed by atoms with E-state index in [-0.39, 0.29) is 0 Å². The van der Waals surface area contributed by atoms with Crippen molar-refractivity contribution in [1.82, 2.24) is 4.90 Å². The maximum absolute atomic E-state index is 3.66. The monoisotopic (exact) mass is 288 g/mol. The summed E-state index contributed by atoms with van der Waals surface area (Å²) in [5.74, 6) is 1.81. The van der Waals surface area contributed by atoms with Crippen molar-refractivity contribution in [2.24, 2.45) is 11.8 Å². The summed E-state index contributed by atoms with van der Waals surface area (Å²) in [5, 5.41) is 3.66. The average Bonchev–Trinajstić information content (AvgIpc) is 2.52. The summed E-state index contributed by atoms with van der Waals surface area (Å²) in [7, 11) is 0. The first-order chi connectivity index (χ1) is 10.2. The van der Waals surface area contributed by atoms with E-state index in [1.54, 1.807) is 0 Å². The summed E-state index contributed by atoms with van der Waals surface area (Å²) >= 11 is 0. The van der Waals surface area contributed by atoms with Crippen molar-refractivity contribution in [3.05, 3.63) is 29.8 Å². The van der Waals surface area contributed by atoms with E-state index >= 15 is 0 Å². The molecule has 1 N–H and O–H groups in total. The summed E-state index contributed by atoms with van der Waals surface area (Å²) in [5.41, 5.74) is 2.71.